The van der Waals surface area contributed by atoms with Gasteiger partial charge in [0.05, 0.1) is 6.61 Å². The van der Waals surface area contributed by atoms with E-state index >= 15 is 0 Å². The van der Waals surface area contributed by atoms with Gasteiger partial charge in [-0.25, -0.2) is 0 Å². The van der Waals surface area contributed by atoms with Gasteiger partial charge in [-0.15, -0.1) is 4.98 Å². The second-order valence-electron chi connectivity index (χ2n) is 3.97. The van der Waals surface area contributed by atoms with E-state index < -0.39 is 0 Å². The molecule has 0 aliphatic rings. The Morgan fingerprint density at radius 1 is 1.11 bits per heavy atom. The van der Waals surface area contributed by atoms with E-state index in [0.717, 1.165) is 11.1 Å². The first kappa shape index (κ1) is 13.5. The average molecular weight is 280 g/mol. The van der Waals surface area contributed by atoms with E-state index in [9.17, 15) is 0 Å². The van der Waals surface area contributed by atoms with Crippen molar-refractivity contribution in [3.8, 4) is 17.8 Å². The number of aryl methyl sites for hydroxylation is 2. The molecule has 0 aliphatic carbocycles. The van der Waals surface area contributed by atoms with E-state index in [1.165, 1.54) is 0 Å². The summed E-state index contributed by atoms with van der Waals surface area (Å²) >= 11 is 5.80. The molecule has 6 heteroatoms. The lowest BCUT2D eigenvalue weighted by Gasteiger charge is -2.08. The summed E-state index contributed by atoms with van der Waals surface area (Å²) < 4.78 is 10.8. The predicted octanol–water partition coefficient (Wildman–Crippen LogP) is 3.33. The lowest BCUT2D eigenvalue weighted by Crippen LogP contribution is -2.02. The lowest BCUT2D eigenvalue weighted by atomic mass is 10.1. The number of ether oxygens (including phenoxy) is 2. The van der Waals surface area contributed by atoms with E-state index in [0.29, 0.717) is 12.4 Å². The maximum absolute atomic E-state index is 5.80. The molecule has 19 heavy (non-hydrogen) atoms. The van der Waals surface area contributed by atoms with Crippen LogP contribution in [0.3, 0.4) is 0 Å². The summed E-state index contributed by atoms with van der Waals surface area (Å²) in [6, 6.07) is 6.17. The topological polar surface area (TPSA) is 57.1 Å². The molecular formula is C13H14ClN3O2. The van der Waals surface area contributed by atoms with Gasteiger partial charge in [-0.1, -0.05) is 12.1 Å². The van der Waals surface area contributed by atoms with Gasteiger partial charge in [0.25, 0.3) is 0 Å². The molecule has 0 spiro atoms. The molecule has 1 aromatic carbocycles. The third-order valence-electron chi connectivity index (χ3n) is 2.39. The van der Waals surface area contributed by atoms with Crippen LogP contribution < -0.4 is 9.47 Å². The van der Waals surface area contributed by atoms with Crippen LogP contribution in [-0.2, 0) is 0 Å². The highest BCUT2D eigenvalue weighted by Gasteiger charge is 2.09. The summed E-state index contributed by atoms with van der Waals surface area (Å²) in [5.74, 6) is 0.685. The monoisotopic (exact) mass is 279 g/mol. The first-order chi connectivity index (χ1) is 9.08. The van der Waals surface area contributed by atoms with Crippen LogP contribution in [0.25, 0.3) is 0 Å². The summed E-state index contributed by atoms with van der Waals surface area (Å²) in [6.07, 6.45) is 0. The third kappa shape index (κ3) is 3.54. The van der Waals surface area contributed by atoms with Gasteiger partial charge in [0, 0.05) is 0 Å². The van der Waals surface area contributed by atoms with E-state index in [1.807, 2.05) is 39.0 Å². The summed E-state index contributed by atoms with van der Waals surface area (Å²) in [4.78, 5) is 11.8. The second kappa shape index (κ2) is 5.84. The van der Waals surface area contributed by atoms with E-state index in [-0.39, 0.29) is 17.3 Å². The van der Waals surface area contributed by atoms with Crippen LogP contribution in [-0.4, -0.2) is 21.6 Å². The van der Waals surface area contributed by atoms with Crippen molar-refractivity contribution < 1.29 is 9.47 Å². The van der Waals surface area contributed by atoms with Gasteiger partial charge in [-0.05, 0) is 49.6 Å². The molecule has 2 rings (SSSR count). The van der Waals surface area contributed by atoms with Gasteiger partial charge >= 0.3 is 12.0 Å². The van der Waals surface area contributed by atoms with Gasteiger partial charge in [0.1, 0.15) is 5.75 Å². The molecule has 5 nitrogen and oxygen atoms in total. The molecule has 0 saturated carbocycles. The zero-order valence-electron chi connectivity index (χ0n) is 11.0. The van der Waals surface area contributed by atoms with Crippen molar-refractivity contribution in [1.82, 2.24) is 15.0 Å². The first-order valence-electron chi connectivity index (χ1n) is 5.88. The molecule has 0 radical (unpaired) electrons. The van der Waals surface area contributed by atoms with Crippen LogP contribution >= 0.6 is 11.6 Å². The largest absolute Gasteiger partial charge is 0.464 e. The van der Waals surface area contributed by atoms with Crippen LogP contribution in [0.2, 0.25) is 5.28 Å². The SMILES string of the molecule is CCOc1nc(Cl)nc(Oc2cc(C)ccc2C)n1. The van der Waals surface area contributed by atoms with Gasteiger partial charge in [0.15, 0.2) is 0 Å². The van der Waals surface area contributed by atoms with E-state index in [4.69, 9.17) is 21.1 Å². The summed E-state index contributed by atoms with van der Waals surface area (Å²) in [5, 5.41) is 0.0405. The minimum atomic E-state index is 0.0405. The fourth-order valence-electron chi connectivity index (χ4n) is 1.47. The van der Waals surface area contributed by atoms with Gasteiger partial charge in [-0.2, -0.15) is 9.97 Å². The minimum absolute atomic E-state index is 0.0405. The number of nitrogens with zero attached hydrogens (tertiary/aromatic N) is 3. The number of benzene rings is 1. The van der Waals surface area contributed by atoms with Crippen molar-refractivity contribution in [2.75, 3.05) is 6.61 Å². The number of aromatic nitrogens is 3. The Morgan fingerprint density at radius 2 is 1.84 bits per heavy atom. The van der Waals surface area contributed by atoms with Crippen molar-refractivity contribution >= 4 is 11.6 Å². The molecule has 0 fully saturated rings. The predicted molar refractivity (Wildman–Crippen MR) is 72.0 cm³/mol. The van der Waals surface area contributed by atoms with Crippen molar-refractivity contribution in [2.24, 2.45) is 0 Å². The maximum atomic E-state index is 5.80. The van der Waals surface area contributed by atoms with Crippen LogP contribution in [0.5, 0.6) is 17.8 Å². The third-order valence-corrected chi connectivity index (χ3v) is 2.55. The molecule has 0 N–H and O–H groups in total. The summed E-state index contributed by atoms with van der Waals surface area (Å²) in [5.41, 5.74) is 2.07. The first-order valence-corrected chi connectivity index (χ1v) is 6.25. The quantitative estimate of drug-likeness (QED) is 0.859. The molecule has 0 unspecified atom stereocenters. The molecule has 1 heterocycles. The summed E-state index contributed by atoms with van der Waals surface area (Å²) in [7, 11) is 0. The molecule has 0 amide bonds. The standard InChI is InChI=1S/C13H14ClN3O2/c1-4-18-12-15-11(14)16-13(17-12)19-10-7-8(2)5-6-9(10)3/h5-7H,4H2,1-3H3. The minimum Gasteiger partial charge on any atom is -0.464 e. The Kier molecular flexibility index (Phi) is 4.16. The van der Waals surface area contributed by atoms with Gasteiger partial charge < -0.3 is 9.47 Å². The van der Waals surface area contributed by atoms with Crippen LogP contribution in [0.1, 0.15) is 18.1 Å². The number of halogens is 1. The molecule has 0 aliphatic heterocycles. The van der Waals surface area contributed by atoms with Crippen molar-refractivity contribution in [3.63, 3.8) is 0 Å². The zero-order chi connectivity index (χ0) is 13.8. The number of hydrogen-bond donors (Lipinski definition) is 0. The number of hydrogen-bond acceptors (Lipinski definition) is 5. The fourth-order valence-corrected chi connectivity index (χ4v) is 1.61. The zero-order valence-corrected chi connectivity index (χ0v) is 11.7. The Hall–Kier alpha value is -1.88. The van der Waals surface area contributed by atoms with Crippen molar-refractivity contribution in [1.29, 1.82) is 0 Å². The lowest BCUT2D eigenvalue weighted by molar-refractivity contribution is 0.303. The Bertz CT molecular complexity index is 590. The molecule has 0 saturated heterocycles. The van der Waals surface area contributed by atoms with Crippen LogP contribution in [0, 0.1) is 13.8 Å². The maximum Gasteiger partial charge on any atom is 0.329 e. The van der Waals surface area contributed by atoms with Crippen LogP contribution in [0.15, 0.2) is 18.2 Å². The molecule has 2 aromatic rings. The van der Waals surface area contributed by atoms with E-state index in [2.05, 4.69) is 15.0 Å². The average Bonchev–Trinajstić information content (AvgIpc) is 2.33. The summed E-state index contributed by atoms with van der Waals surface area (Å²) in [6.45, 7) is 6.21. The highest BCUT2D eigenvalue weighted by Crippen LogP contribution is 2.25. The van der Waals surface area contributed by atoms with Crippen molar-refractivity contribution in [2.45, 2.75) is 20.8 Å². The smallest absolute Gasteiger partial charge is 0.329 e. The molecule has 0 bridgehead atoms. The Balaban J connectivity index is 2.29. The highest BCUT2D eigenvalue weighted by atomic mass is 35.5. The van der Waals surface area contributed by atoms with Gasteiger partial charge in [-0.3, -0.25) is 0 Å². The van der Waals surface area contributed by atoms with Crippen LogP contribution in [0.4, 0.5) is 0 Å². The van der Waals surface area contributed by atoms with E-state index in [1.54, 1.807) is 0 Å². The Morgan fingerprint density at radius 3 is 2.58 bits per heavy atom. The molecule has 0 atom stereocenters. The van der Waals surface area contributed by atoms with Crippen molar-refractivity contribution in [3.05, 3.63) is 34.6 Å². The number of rotatable bonds is 4. The highest BCUT2D eigenvalue weighted by molar-refractivity contribution is 6.28. The normalized spacial score (nSPS) is 10.3. The van der Waals surface area contributed by atoms with Gasteiger partial charge in [0.2, 0.25) is 5.28 Å². The molecule has 100 valence electrons. The Labute approximate surface area is 116 Å². The molecular weight excluding hydrogens is 266 g/mol. The second-order valence-corrected chi connectivity index (χ2v) is 4.31. The fraction of sp³-hybridized carbons (Fsp3) is 0.308. The molecule has 1 aromatic heterocycles.